The van der Waals surface area contributed by atoms with E-state index in [1.165, 1.54) is 19.3 Å². The zero-order valence-corrected chi connectivity index (χ0v) is 12.5. The highest BCUT2D eigenvalue weighted by Crippen LogP contribution is 2.38. The van der Waals surface area contributed by atoms with Gasteiger partial charge in [-0.05, 0) is 43.4 Å². The minimum atomic E-state index is 0.148. The first-order chi connectivity index (χ1) is 10.2. The number of rotatable bonds is 4. The maximum atomic E-state index is 6.03. The van der Waals surface area contributed by atoms with Gasteiger partial charge in [-0.25, -0.2) is 0 Å². The summed E-state index contributed by atoms with van der Waals surface area (Å²) in [4.78, 5) is 8.66. The van der Waals surface area contributed by atoms with Crippen molar-refractivity contribution in [3.8, 4) is 11.4 Å². The Labute approximate surface area is 125 Å². The number of hydrogen-bond acceptors (Lipinski definition) is 5. The summed E-state index contributed by atoms with van der Waals surface area (Å²) >= 11 is 0. The molecule has 1 aliphatic carbocycles. The molecule has 21 heavy (non-hydrogen) atoms. The summed E-state index contributed by atoms with van der Waals surface area (Å²) in [5.74, 6) is 1.35. The van der Waals surface area contributed by atoms with Crippen LogP contribution in [0.25, 0.3) is 11.4 Å². The van der Waals surface area contributed by atoms with E-state index in [4.69, 9.17) is 10.3 Å². The standard InChI is InChI=1S/C16H22N4O/c1-12-10-18-8-5-13(12)15-19-14(21-20-15)9-16(11-17)6-3-2-4-7-16/h5,8,10H,2-4,6-7,9,11,17H2,1H3. The summed E-state index contributed by atoms with van der Waals surface area (Å²) in [6.45, 7) is 2.69. The lowest BCUT2D eigenvalue weighted by atomic mass is 9.72. The van der Waals surface area contributed by atoms with Gasteiger partial charge in [-0.2, -0.15) is 4.98 Å². The average molecular weight is 286 g/mol. The Balaban J connectivity index is 1.80. The highest BCUT2D eigenvalue weighted by molar-refractivity contribution is 5.57. The Hall–Kier alpha value is -1.75. The molecule has 2 N–H and O–H groups in total. The summed E-state index contributed by atoms with van der Waals surface area (Å²) in [6.07, 6.45) is 10.5. The van der Waals surface area contributed by atoms with Crippen LogP contribution in [0, 0.1) is 12.3 Å². The van der Waals surface area contributed by atoms with E-state index in [1.54, 1.807) is 6.20 Å². The van der Waals surface area contributed by atoms with Gasteiger partial charge in [0.2, 0.25) is 11.7 Å². The zero-order valence-electron chi connectivity index (χ0n) is 12.5. The van der Waals surface area contributed by atoms with Crippen LogP contribution in [0.1, 0.15) is 43.6 Å². The van der Waals surface area contributed by atoms with E-state index >= 15 is 0 Å². The highest BCUT2D eigenvalue weighted by atomic mass is 16.5. The largest absolute Gasteiger partial charge is 0.339 e. The third-order valence-corrected chi connectivity index (χ3v) is 4.60. The smallest absolute Gasteiger partial charge is 0.227 e. The summed E-state index contributed by atoms with van der Waals surface area (Å²) < 4.78 is 5.47. The van der Waals surface area contributed by atoms with Crippen LogP contribution in [0.3, 0.4) is 0 Å². The maximum Gasteiger partial charge on any atom is 0.227 e. The molecule has 0 aromatic carbocycles. The van der Waals surface area contributed by atoms with Crippen LogP contribution in [-0.4, -0.2) is 21.7 Å². The van der Waals surface area contributed by atoms with Gasteiger partial charge in [-0.15, -0.1) is 0 Å². The molecule has 5 nitrogen and oxygen atoms in total. The highest BCUT2D eigenvalue weighted by Gasteiger charge is 2.33. The predicted octanol–water partition coefficient (Wildman–Crippen LogP) is 2.89. The SMILES string of the molecule is Cc1cnccc1-c1noc(CC2(CN)CCCCC2)n1. The second kappa shape index (κ2) is 5.93. The molecule has 1 saturated carbocycles. The van der Waals surface area contributed by atoms with Crippen molar-refractivity contribution in [3.05, 3.63) is 29.9 Å². The summed E-state index contributed by atoms with van der Waals surface area (Å²) in [7, 11) is 0. The molecule has 2 heterocycles. The first-order valence-electron chi connectivity index (χ1n) is 7.66. The van der Waals surface area contributed by atoms with E-state index in [0.29, 0.717) is 18.3 Å². The van der Waals surface area contributed by atoms with Crippen molar-refractivity contribution in [2.45, 2.75) is 45.4 Å². The third-order valence-electron chi connectivity index (χ3n) is 4.60. The van der Waals surface area contributed by atoms with Gasteiger partial charge in [0.1, 0.15) is 0 Å². The minimum absolute atomic E-state index is 0.148. The van der Waals surface area contributed by atoms with Crippen LogP contribution in [0.4, 0.5) is 0 Å². The molecule has 0 saturated heterocycles. The van der Waals surface area contributed by atoms with Crippen molar-refractivity contribution >= 4 is 0 Å². The van der Waals surface area contributed by atoms with Crippen LogP contribution in [0.2, 0.25) is 0 Å². The second-order valence-corrected chi connectivity index (χ2v) is 6.14. The lowest BCUT2D eigenvalue weighted by Crippen LogP contribution is -2.35. The molecule has 3 rings (SSSR count). The van der Waals surface area contributed by atoms with Gasteiger partial charge < -0.3 is 10.3 Å². The van der Waals surface area contributed by atoms with Crippen LogP contribution in [0.5, 0.6) is 0 Å². The first kappa shape index (κ1) is 14.2. The Morgan fingerprint density at radius 2 is 2.10 bits per heavy atom. The number of aryl methyl sites for hydroxylation is 1. The first-order valence-corrected chi connectivity index (χ1v) is 7.66. The zero-order chi connectivity index (χ0) is 14.7. The number of pyridine rings is 1. The molecule has 0 amide bonds. The van der Waals surface area contributed by atoms with Crippen molar-refractivity contribution in [1.82, 2.24) is 15.1 Å². The number of nitrogens with two attached hydrogens (primary N) is 1. The molecule has 0 atom stereocenters. The molecular formula is C16H22N4O. The fourth-order valence-electron chi connectivity index (χ4n) is 3.24. The number of hydrogen-bond donors (Lipinski definition) is 1. The molecule has 0 spiro atoms. The van der Waals surface area contributed by atoms with Crippen molar-refractivity contribution in [3.63, 3.8) is 0 Å². The van der Waals surface area contributed by atoms with Gasteiger partial charge in [0.05, 0.1) is 0 Å². The Bertz CT molecular complexity index is 602. The van der Waals surface area contributed by atoms with Gasteiger partial charge >= 0.3 is 0 Å². The van der Waals surface area contributed by atoms with E-state index in [-0.39, 0.29) is 5.41 Å². The number of nitrogens with zero attached hydrogens (tertiary/aromatic N) is 3. The molecule has 1 aliphatic rings. The van der Waals surface area contributed by atoms with Gasteiger partial charge in [-0.3, -0.25) is 4.98 Å². The summed E-state index contributed by atoms with van der Waals surface area (Å²) in [6, 6.07) is 1.92. The molecule has 0 bridgehead atoms. The molecule has 5 heteroatoms. The van der Waals surface area contributed by atoms with Gasteiger partial charge in [0, 0.05) is 24.4 Å². The molecule has 0 aliphatic heterocycles. The second-order valence-electron chi connectivity index (χ2n) is 6.14. The van der Waals surface area contributed by atoms with Crippen molar-refractivity contribution in [2.24, 2.45) is 11.1 Å². The van der Waals surface area contributed by atoms with E-state index < -0.39 is 0 Å². The lowest BCUT2D eigenvalue weighted by molar-refractivity contribution is 0.177. The average Bonchev–Trinajstić information content (AvgIpc) is 2.97. The quantitative estimate of drug-likeness (QED) is 0.935. The lowest BCUT2D eigenvalue weighted by Gasteiger charge is -2.34. The van der Waals surface area contributed by atoms with Crippen LogP contribution in [0.15, 0.2) is 23.0 Å². The van der Waals surface area contributed by atoms with Gasteiger partial charge in [0.15, 0.2) is 0 Å². The van der Waals surface area contributed by atoms with Crippen LogP contribution in [-0.2, 0) is 6.42 Å². The minimum Gasteiger partial charge on any atom is -0.339 e. The summed E-state index contributed by atoms with van der Waals surface area (Å²) in [5, 5.41) is 4.12. The molecule has 112 valence electrons. The van der Waals surface area contributed by atoms with Crippen molar-refractivity contribution in [1.29, 1.82) is 0 Å². The molecule has 0 unspecified atom stereocenters. The normalized spacial score (nSPS) is 17.8. The van der Waals surface area contributed by atoms with Crippen molar-refractivity contribution in [2.75, 3.05) is 6.54 Å². The van der Waals surface area contributed by atoms with E-state index in [9.17, 15) is 0 Å². The van der Waals surface area contributed by atoms with E-state index in [0.717, 1.165) is 30.4 Å². The van der Waals surface area contributed by atoms with Gasteiger partial charge in [-0.1, -0.05) is 24.4 Å². The van der Waals surface area contributed by atoms with Crippen LogP contribution < -0.4 is 5.73 Å². The number of aromatic nitrogens is 3. The van der Waals surface area contributed by atoms with Crippen molar-refractivity contribution < 1.29 is 4.52 Å². The van der Waals surface area contributed by atoms with Gasteiger partial charge in [0.25, 0.3) is 0 Å². The molecule has 0 radical (unpaired) electrons. The van der Waals surface area contributed by atoms with Crippen LogP contribution >= 0.6 is 0 Å². The Kier molecular flexibility index (Phi) is 4.01. The molecular weight excluding hydrogens is 264 g/mol. The molecule has 2 aromatic heterocycles. The fourth-order valence-corrected chi connectivity index (χ4v) is 3.24. The third kappa shape index (κ3) is 2.97. The predicted molar refractivity (Wildman–Crippen MR) is 80.5 cm³/mol. The Morgan fingerprint density at radius 1 is 1.29 bits per heavy atom. The van der Waals surface area contributed by atoms with E-state index in [1.807, 2.05) is 19.2 Å². The van der Waals surface area contributed by atoms with E-state index in [2.05, 4.69) is 15.1 Å². The summed E-state index contributed by atoms with van der Waals surface area (Å²) in [5.41, 5.74) is 8.21. The monoisotopic (exact) mass is 286 g/mol. The fraction of sp³-hybridized carbons (Fsp3) is 0.562. The topological polar surface area (TPSA) is 77.8 Å². The molecule has 2 aromatic rings. The molecule has 1 fully saturated rings. The maximum absolute atomic E-state index is 6.03. The Morgan fingerprint density at radius 3 is 2.81 bits per heavy atom.